The van der Waals surface area contributed by atoms with Crippen LogP contribution in [-0.4, -0.2) is 28.0 Å². The molecular formula is C13H16N2O3S2. The molecule has 2 aromatic rings. The Morgan fingerprint density at radius 2 is 2.45 bits per heavy atom. The molecule has 2 heterocycles. The van der Waals surface area contributed by atoms with Crippen molar-refractivity contribution in [2.45, 2.75) is 31.3 Å². The number of hydrogen-bond donors (Lipinski definition) is 0. The highest BCUT2D eigenvalue weighted by Gasteiger charge is 2.13. The molecule has 0 radical (unpaired) electrons. The van der Waals surface area contributed by atoms with Crippen LogP contribution in [0, 0.1) is 0 Å². The number of thioether (sulfide) groups is 1. The van der Waals surface area contributed by atoms with Crippen LogP contribution < -0.4 is 0 Å². The molecule has 2 rings (SSSR count). The maximum Gasteiger partial charge on any atom is 0.306 e. The first kappa shape index (κ1) is 15.1. The summed E-state index contributed by atoms with van der Waals surface area (Å²) in [7, 11) is 0. The number of hydrogen-bond acceptors (Lipinski definition) is 7. The van der Waals surface area contributed by atoms with Crippen molar-refractivity contribution < 1.29 is 14.1 Å². The van der Waals surface area contributed by atoms with Gasteiger partial charge in [0, 0.05) is 16.2 Å². The summed E-state index contributed by atoms with van der Waals surface area (Å²) in [5.41, 5.74) is 0.967. The van der Waals surface area contributed by atoms with E-state index in [1.54, 1.807) is 30.0 Å². The summed E-state index contributed by atoms with van der Waals surface area (Å²) in [6, 6.07) is 1.95. The van der Waals surface area contributed by atoms with E-state index in [2.05, 4.69) is 10.1 Å². The summed E-state index contributed by atoms with van der Waals surface area (Å²) < 4.78 is 10.1. The predicted octanol–water partition coefficient (Wildman–Crippen LogP) is 3.37. The normalized spacial score (nSPS) is 12.3. The van der Waals surface area contributed by atoms with Crippen LogP contribution in [-0.2, 0) is 15.3 Å². The van der Waals surface area contributed by atoms with Crippen LogP contribution in [0.2, 0.25) is 0 Å². The lowest BCUT2D eigenvalue weighted by Crippen LogP contribution is -2.10. The summed E-state index contributed by atoms with van der Waals surface area (Å²) in [6.45, 7) is 4.21. The minimum atomic E-state index is -0.169. The number of esters is 1. The molecule has 0 aliphatic rings. The third-order valence-electron chi connectivity index (χ3n) is 2.50. The number of carbonyl (C=O) groups is 1. The second kappa shape index (κ2) is 7.44. The highest BCUT2D eigenvalue weighted by Crippen LogP contribution is 2.23. The molecule has 0 aromatic carbocycles. The van der Waals surface area contributed by atoms with Crippen molar-refractivity contribution in [1.82, 2.24) is 10.1 Å². The fraction of sp³-hybridized carbons (Fsp3) is 0.462. The largest absolute Gasteiger partial charge is 0.466 e. The molecule has 2 aromatic heterocycles. The molecule has 0 bridgehead atoms. The van der Waals surface area contributed by atoms with Crippen LogP contribution in [0.4, 0.5) is 0 Å². The fourth-order valence-electron chi connectivity index (χ4n) is 1.55. The van der Waals surface area contributed by atoms with E-state index in [1.807, 2.05) is 23.8 Å². The van der Waals surface area contributed by atoms with Crippen molar-refractivity contribution in [2.24, 2.45) is 0 Å². The number of aromatic nitrogens is 2. The predicted molar refractivity (Wildman–Crippen MR) is 79.6 cm³/mol. The van der Waals surface area contributed by atoms with E-state index < -0.39 is 0 Å². The first-order chi connectivity index (χ1) is 9.69. The van der Waals surface area contributed by atoms with Crippen LogP contribution >= 0.6 is 23.1 Å². The molecule has 1 atom stereocenters. The van der Waals surface area contributed by atoms with E-state index in [0.717, 1.165) is 5.56 Å². The van der Waals surface area contributed by atoms with Gasteiger partial charge in [-0.3, -0.25) is 4.79 Å². The Balaban J connectivity index is 1.81. The second-order valence-corrected chi connectivity index (χ2v) is 6.36. The zero-order chi connectivity index (χ0) is 14.4. The Morgan fingerprint density at radius 1 is 1.60 bits per heavy atom. The first-order valence-electron chi connectivity index (χ1n) is 6.31. The summed E-state index contributed by atoms with van der Waals surface area (Å²) in [5, 5.41) is 8.05. The molecule has 0 saturated carbocycles. The molecule has 0 amide bonds. The van der Waals surface area contributed by atoms with E-state index in [1.165, 1.54) is 0 Å². The van der Waals surface area contributed by atoms with Gasteiger partial charge in [-0.2, -0.15) is 16.3 Å². The summed E-state index contributed by atoms with van der Waals surface area (Å²) >= 11 is 3.19. The van der Waals surface area contributed by atoms with Crippen molar-refractivity contribution in [3.8, 4) is 11.4 Å². The lowest BCUT2D eigenvalue weighted by atomic mass is 10.3. The molecular weight excluding hydrogens is 296 g/mol. The van der Waals surface area contributed by atoms with E-state index in [4.69, 9.17) is 9.26 Å². The van der Waals surface area contributed by atoms with E-state index in [-0.39, 0.29) is 11.2 Å². The van der Waals surface area contributed by atoms with Crippen LogP contribution in [0.15, 0.2) is 21.3 Å². The third kappa shape index (κ3) is 4.35. The summed E-state index contributed by atoms with van der Waals surface area (Å²) in [5.74, 6) is 1.61. The minimum absolute atomic E-state index is 0.158. The number of ether oxygens (including phenoxy) is 1. The summed E-state index contributed by atoms with van der Waals surface area (Å²) in [6.07, 6.45) is 0.393. The van der Waals surface area contributed by atoms with Gasteiger partial charge in [0.2, 0.25) is 11.7 Å². The Morgan fingerprint density at radius 3 is 3.15 bits per heavy atom. The molecule has 0 N–H and O–H groups in total. The summed E-state index contributed by atoms with van der Waals surface area (Å²) in [4.78, 5) is 15.7. The smallest absolute Gasteiger partial charge is 0.306 e. The quantitative estimate of drug-likeness (QED) is 0.730. The standard InChI is InChI=1S/C13H16N2O3S2/c1-3-17-12(16)6-9(2)20-8-11-14-13(15-18-11)10-4-5-19-7-10/h4-5,7,9H,3,6,8H2,1-2H3/t9-/m0/s1. The maximum absolute atomic E-state index is 11.3. The zero-order valence-electron chi connectivity index (χ0n) is 11.4. The van der Waals surface area contributed by atoms with Gasteiger partial charge < -0.3 is 9.26 Å². The van der Waals surface area contributed by atoms with Crippen molar-refractivity contribution in [1.29, 1.82) is 0 Å². The average Bonchev–Trinajstić information content (AvgIpc) is 3.07. The molecule has 0 aliphatic heterocycles. The highest BCUT2D eigenvalue weighted by molar-refractivity contribution is 7.99. The minimum Gasteiger partial charge on any atom is -0.466 e. The highest BCUT2D eigenvalue weighted by atomic mass is 32.2. The van der Waals surface area contributed by atoms with Gasteiger partial charge in [0.25, 0.3) is 0 Å². The van der Waals surface area contributed by atoms with Crippen molar-refractivity contribution in [3.63, 3.8) is 0 Å². The molecule has 5 nitrogen and oxygen atoms in total. The lowest BCUT2D eigenvalue weighted by molar-refractivity contribution is -0.142. The molecule has 0 unspecified atom stereocenters. The fourth-order valence-corrected chi connectivity index (χ4v) is 2.98. The van der Waals surface area contributed by atoms with Crippen LogP contribution in [0.25, 0.3) is 11.4 Å². The number of rotatable bonds is 7. The van der Waals surface area contributed by atoms with E-state index in [9.17, 15) is 4.79 Å². The number of thiophene rings is 1. The third-order valence-corrected chi connectivity index (χ3v) is 4.33. The SMILES string of the molecule is CCOC(=O)C[C@H](C)SCc1nc(-c2ccsc2)no1. The van der Waals surface area contributed by atoms with Gasteiger partial charge in [-0.1, -0.05) is 12.1 Å². The number of nitrogens with zero attached hydrogens (tertiary/aromatic N) is 2. The lowest BCUT2D eigenvalue weighted by Gasteiger charge is -2.08. The van der Waals surface area contributed by atoms with Gasteiger partial charge in [-0.15, -0.1) is 11.8 Å². The molecule has 0 fully saturated rings. The van der Waals surface area contributed by atoms with Gasteiger partial charge in [0.1, 0.15) is 0 Å². The maximum atomic E-state index is 11.3. The Kier molecular flexibility index (Phi) is 5.60. The van der Waals surface area contributed by atoms with Gasteiger partial charge in [-0.25, -0.2) is 0 Å². The van der Waals surface area contributed by atoms with Gasteiger partial charge in [0.05, 0.1) is 18.8 Å². The molecule has 0 saturated heterocycles. The van der Waals surface area contributed by atoms with Crippen molar-refractivity contribution >= 4 is 29.1 Å². The van der Waals surface area contributed by atoms with Gasteiger partial charge >= 0.3 is 5.97 Å². The van der Waals surface area contributed by atoms with Crippen LogP contribution in [0.3, 0.4) is 0 Å². The topological polar surface area (TPSA) is 65.2 Å². The van der Waals surface area contributed by atoms with Crippen molar-refractivity contribution in [2.75, 3.05) is 6.61 Å². The van der Waals surface area contributed by atoms with Gasteiger partial charge in [-0.05, 0) is 18.4 Å². The molecule has 0 spiro atoms. The second-order valence-electron chi connectivity index (χ2n) is 4.15. The zero-order valence-corrected chi connectivity index (χ0v) is 13.0. The number of carbonyl (C=O) groups excluding carboxylic acids is 1. The van der Waals surface area contributed by atoms with E-state index >= 15 is 0 Å². The van der Waals surface area contributed by atoms with Crippen LogP contribution in [0.5, 0.6) is 0 Å². The first-order valence-corrected chi connectivity index (χ1v) is 8.30. The molecule has 7 heteroatoms. The molecule has 108 valence electrons. The Labute approximate surface area is 125 Å². The monoisotopic (exact) mass is 312 g/mol. The Bertz CT molecular complexity index is 540. The molecule has 20 heavy (non-hydrogen) atoms. The van der Waals surface area contributed by atoms with E-state index in [0.29, 0.717) is 30.5 Å². The van der Waals surface area contributed by atoms with Crippen molar-refractivity contribution in [3.05, 3.63) is 22.7 Å². The van der Waals surface area contributed by atoms with Gasteiger partial charge in [0.15, 0.2) is 0 Å². The average molecular weight is 312 g/mol. The Hall–Kier alpha value is -1.34. The molecule has 0 aliphatic carbocycles. The van der Waals surface area contributed by atoms with Crippen LogP contribution in [0.1, 0.15) is 26.2 Å².